The summed E-state index contributed by atoms with van der Waals surface area (Å²) >= 11 is 5.97. The van der Waals surface area contributed by atoms with Gasteiger partial charge in [0.1, 0.15) is 5.75 Å². The molecule has 0 bridgehead atoms. The topological polar surface area (TPSA) is 66.6 Å². The van der Waals surface area contributed by atoms with Gasteiger partial charge in [-0.05, 0) is 30.3 Å². The second-order valence-corrected chi connectivity index (χ2v) is 4.49. The smallest absolute Gasteiger partial charge is 0.259 e. The number of aromatic hydroxyl groups is 1. The third kappa shape index (κ3) is 2.63. The van der Waals surface area contributed by atoms with Crippen molar-refractivity contribution in [3.8, 4) is 5.75 Å². The second kappa shape index (κ2) is 5.20. The predicted octanol–water partition coefficient (Wildman–Crippen LogP) is 2.90. The molecule has 0 saturated heterocycles. The van der Waals surface area contributed by atoms with E-state index in [0.717, 1.165) is 0 Å². The van der Waals surface area contributed by atoms with Gasteiger partial charge in [0, 0.05) is 7.05 Å². The number of amides is 1. The zero-order chi connectivity index (χ0) is 14.0. The zero-order valence-corrected chi connectivity index (χ0v) is 11.1. The molecule has 5 heteroatoms. The molecule has 0 atom stereocenters. The van der Waals surface area contributed by atoms with Crippen LogP contribution in [-0.2, 0) is 0 Å². The van der Waals surface area contributed by atoms with Crippen LogP contribution >= 0.6 is 11.6 Å². The molecule has 2 rings (SSSR count). The summed E-state index contributed by atoms with van der Waals surface area (Å²) in [5.74, 6) is -0.346. The number of para-hydroxylation sites is 2. The van der Waals surface area contributed by atoms with Crippen molar-refractivity contribution in [2.45, 2.75) is 0 Å². The number of phenols is 1. The summed E-state index contributed by atoms with van der Waals surface area (Å²) in [6.07, 6.45) is 0. The fourth-order valence-corrected chi connectivity index (χ4v) is 1.96. The Labute approximate surface area is 116 Å². The average Bonchev–Trinajstić information content (AvgIpc) is 2.40. The summed E-state index contributed by atoms with van der Waals surface area (Å²) < 4.78 is 0. The summed E-state index contributed by atoms with van der Waals surface area (Å²) in [7, 11) is 1.61. The highest BCUT2D eigenvalue weighted by Gasteiger charge is 2.18. The van der Waals surface area contributed by atoms with E-state index in [1.807, 2.05) is 0 Å². The minimum absolute atomic E-state index is 0.0119. The average molecular weight is 277 g/mol. The molecule has 0 saturated carbocycles. The van der Waals surface area contributed by atoms with Crippen LogP contribution in [0, 0.1) is 0 Å². The molecule has 0 aliphatic heterocycles. The van der Waals surface area contributed by atoms with E-state index >= 15 is 0 Å². The summed E-state index contributed by atoms with van der Waals surface area (Å²) in [5, 5.41) is 9.72. The highest BCUT2D eigenvalue weighted by atomic mass is 35.5. The van der Waals surface area contributed by atoms with Gasteiger partial charge in [0.05, 0.1) is 22.0 Å². The molecule has 0 radical (unpaired) electrons. The molecule has 0 aromatic heterocycles. The van der Waals surface area contributed by atoms with Crippen molar-refractivity contribution >= 4 is 28.9 Å². The van der Waals surface area contributed by atoms with Crippen LogP contribution in [-0.4, -0.2) is 18.1 Å². The maximum atomic E-state index is 12.3. The Bertz CT molecular complexity index is 629. The number of anilines is 2. The molecule has 0 unspecified atom stereocenters. The Balaban J connectivity index is 2.39. The van der Waals surface area contributed by atoms with Crippen molar-refractivity contribution in [3.63, 3.8) is 0 Å². The number of hydrogen-bond acceptors (Lipinski definition) is 3. The van der Waals surface area contributed by atoms with E-state index in [0.29, 0.717) is 11.4 Å². The van der Waals surface area contributed by atoms with Gasteiger partial charge in [0.25, 0.3) is 5.91 Å². The lowest BCUT2D eigenvalue weighted by Crippen LogP contribution is -2.27. The van der Waals surface area contributed by atoms with E-state index in [4.69, 9.17) is 17.3 Å². The van der Waals surface area contributed by atoms with Crippen LogP contribution in [0.2, 0.25) is 5.02 Å². The van der Waals surface area contributed by atoms with Gasteiger partial charge in [0.15, 0.2) is 0 Å². The first-order valence-electron chi connectivity index (χ1n) is 5.62. The molecular formula is C14H13ClN2O2. The molecule has 0 spiro atoms. The minimum Gasteiger partial charge on any atom is -0.508 e. The Morgan fingerprint density at radius 3 is 2.63 bits per heavy atom. The molecule has 2 aromatic rings. The van der Waals surface area contributed by atoms with Crippen LogP contribution in [0.15, 0.2) is 42.5 Å². The summed E-state index contributed by atoms with van der Waals surface area (Å²) in [4.78, 5) is 13.7. The minimum atomic E-state index is -0.334. The van der Waals surface area contributed by atoms with Gasteiger partial charge in [0.2, 0.25) is 0 Å². The third-order valence-corrected chi connectivity index (χ3v) is 3.11. The maximum Gasteiger partial charge on any atom is 0.259 e. The molecule has 0 fully saturated rings. The Morgan fingerprint density at radius 2 is 1.95 bits per heavy atom. The van der Waals surface area contributed by atoms with E-state index in [1.165, 1.54) is 23.1 Å². The van der Waals surface area contributed by atoms with Crippen LogP contribution in [0.4, 0.5) is 11.4 Å². The van der Waals surface area contributed by atoms with Crippen LogP contribution in [0.25, 0.3) is 0 Å². The van der Waals surface area contributed by atoms with E-state index in [9.17, 15) is 9.90 Å². The van der Waals surface area contributed by atoms with Gasteiger partial charge in [-0.2, -0.15) is 0 Å². The van der Waals surface area contributed by atoms with E-state index in [1.54, 1.807) is 31.3 Å². The second-order valence-electron chi connectivity index (χ2n) is 4.09. The van der Waals surface area contributed by atoms with Crippen LogP contribution in [0.1, 0.15) is 10.4 Å². The van der Waals surface area contributed by atoms with Gasteiger partial charge in [-0.1, -0.05) is 23.7 Å². The van der Waals surface area contributed by atoms with Gasteiger partial charge < -0.3 is 15.7 Å². The van der Waals surface area contributed by atoms with E-state index < -0.39 is 0 Å². The Morgan fingerprint density at radius 1 is 1.26 bits per heavy atom. The predicted molar refractivity (Wildman–Crippen MR) is 76.7 cm³/mol. The van der Waals surface area contributed by atoms with Crippen molar-refractivity contribution in [1.82, 2.24) is 0 Å². The standard InChI is InChI=1S/C14H13ClN2O2/c1-17(13-5-3-2-4-12(13)16)14(19)10-8-9(18)6-7-11(10)15/h2-8,18H,16H2,1H3. The van der Waals surface area contributed by atoms with Crippen molar-refractivity contribution in [2.24, 2.45) is 0 Å². The van der Waals surface area contributed by atoms with Crippen molar-refractivity contribution in [3.05, 3.63) is 53.1 Å². The first kappa shape index (κ1) is 13.2. The number of nitrogen functional groups attached to an aromatic ring is 1. The molecule has 0 aliphatic carbocycles. The highest BCUT2D eigenvalue weighted by molar-refractivity contribution is 6.34. The Hall–Kier alpha value is -2.20. The first-order chi connectivity index (χ1) is 9.00. The molecule has 1 amide bonds. The van der Waals surface area contributed by atoms with Gasteiger partial charge in [-0.3, -0.25) is 4.79 Å². The maximum absolute atomic E-state index is 12.3. The number of hydrogen-bond donors (Lipinski definition) is 2. The summed E-state index contributed by atoms with van der Waals surface area (Å²) in [5.41, 5.74) is 7.14. The van der Waals surface area contributed by atoms with Crippen molar-refractivity contribution in [1.29, 1.82) is 0 Å². The largest absolute Gasteiger partial charge is 0.508 e. The van der Waals surface area contributed by atoms with E-state index in [2.05, 4.69) is 0 Å². The number of nitrogens with zero attached hydrogens (tertiary/aromatic N) is 1. The molecule has 0 heterocycles. The normalized spacial score (nSPS) is 10.2. The number of phenolic OH excluding ortho intramolecular Hbond substituents is 1. The lowest BCUT2D eigenvalue weighted by Gasteiger charge is -2.19. The quantitative estimate of drug-likeness (QED) is 0.829. The number of benzene rings is 2. The number of nitrogens with two attached hydrogens (primary N) is 1. The van der Waals surface area contributed by atoms with E-state index in [-0.39, 0.29) is 22.2 Å². The first-order valence-corrected chi connectivity index (χ1v) is 5.99. The lowest BCUT2D eigenvalue weighted by atomic mass is 10.1. The third-order valence-electron chi connectivity index (χ3n) is 2.78. The van der Waals surface area contributed by atoms with Gasteiger partial charge in [-0.25, -0.2) is 0 Å². The molecule has 19 heavy (non-hydrogen) atoms. The van der Waals surface area contributed by atoms with Crippen molar-refractivity contribution in [2.75, 3.05) is 17.7 Å². The lowest BCUT2D eigenvalue weighted by molar-refractivity contribution is 0.0993. The number of rotatable bonds is 2. The molecule has 0 aliphatic rings. The van der Waals surface area contributed by atoms with Crippen LogP contribution < -0.4 is 10.6 Å². The van der Waals surface area contributed by atoms with Gasteiger partial charge >= 0.3 is 0 Å². The number of halogens is 1. The number of carbonyl (C=O) groups excluding carboxylic acids is 1. The molecule has 98 valence electrons. The SMILES string of the molecule is CN(C(=O)c1cc(O)ccc1Cl)c1ccccc1N. The molecule has 3 N–H and O–H groups in total. The van der Waals surface area contributed by atoms with Crippen LogP contribution in [0.5, 0.6) is 5.75 Å². The van der Waals surface area contributed by atoms with Crippen molar-refractivity contribution < 1.29 is 9.90 Å². The molecule has 4 nitrogen and oxygen atoms in total. The Kier molecular flexibility index (Phi) is 3.62. The fraction of sp³-hybridized carbons (Fsp3) is 0.0714. The highest BCUT2D eigenvalue weighted by Crippen LogP contribution is 2.27. The molecular weight excluding hydrogens is 264 g/mol. The number of carbonyl (C=O) groups is 1. The molecule has 2 aromatic carbocycles. The fourth-order valence-electron chi connectivity index (χ4n) is 1.76. The zero-order valence-electron chi connectivity index (χ0n) is 10.3. The summed E-state index contributed by atoms with van der Waals surface area (Å²) in [6, 6.07) is 11.3. The monoisotopic (exact) mass is 276 g/mol. The van der Waals surface area contributed by atoms with Crippen LogP contribution in [0.3, 0.4) is 0 Å². The summed E-state index contributed by atoms with van der Waals surface area (Å²) in [6.45, 7) is 0. The van der Waals surface area contributed by atoms with Gasteiger partial charge in [-0.15, -0.1) is 0 Å².